The van der Waals surface area contributed by atoms with E-state index >= 15 is 0 Å². The second-order valence-electron chi connectivity index (χ2n) is 6.21. The lowest BCUT2D eigenvalue weighted by atomic mass is 9.94. The van der Waals surface area contributed by atoms with Crippen LogP contribution in [0.15, 0.2) is 55.0 Å². The van der Waals surface area contributed by atoms with E-state index in [9.17, 15) is 9.18 Å². The van der Waals surface area contributed by atoms with E-state index in [1.54, 1.807) is 60.7 Å². The molecule has 7 heteroatoms. The number of anilines is 1. The Kier molecular flexibility index (Phi) is 3.91. The van der Waals surface area contributed by atoms with Crippen LogP contribution in [-0.2, 0) is 10.2 Å². The number of nitrogens with one attached hydrogen (secondary N) is 1. The summed E-state index contributed by atoms with van der Waals surface area (Å²) in [7, 11) is 1.57. The monoisotopic (exact) mass is 352 g/mol. The Hall–Kier alpha value is -3.22. The quantitative estimate of drug-likeness (QED) is 0.766. The van der Waals surface area contributed by atoms with Crippen molar-refractivity contribution in [1.29, 1.82) is 0 Å². The first-order valence-corrected chi connectivity index (χ1v) is 8.24. The molecule has 132 valence electrons. The van der Waals surface area contributed by atoms with Gasteiger partial charge in [0.15, 0.2) is 5.82 Å². The third-order valence-corrected chi connectivity index (χ3v) is 4.63. The highest BCUT2D eigenvalue weighted by Gasteiger charge is 2.52. The maximum atomic E-state index is 14.1. The molecule has 1 aliphatic carbocycles. The molecule has 0 saturated heterocycles. The average Bonchev–Trinajstić information content (AvgIpc) is 3.35. The van der Waals surface area contributed by atoms with Crippen molar-refractivity contribution < 1.29 is 13.9 Å². The van der Waals surface area contributed by atoms with Gasteiger partial charge in [-0.1, -0.05) is 18.2 Å². The van der Waals surface area contributed by atoms with Crippen LogP contribution in [0.25, 0.3) is 5.69 Å². The number of carbonyl (C=O) groups is 1. The van der Waals surface area contributed by atoms with Crippen molar-refractivity contribution in [1.82, 2.24) is 14.8 Å². The van der Waals surface area contributed by atoms with Gasteiger partial charge in [0.1, 0.15) is 17.3 Å². The van der Waals surface area contributed by atoms with E-state index in [1.807, 2.05) is 0 Å². The maximum absolute atomic E-state index is 14.1. The van der Waals surface area contributed by atoms with Crippen LogP contribution >= 0.6 is 0 Å². The number of hydrogen-bond acceptors (Lipinski definition) is 4. The summed E-state index contributed by atoms with van der Waals surface area (Å²) in [4.78, 5) is 16.8. The van der Waals surface area contributed by atoms with Crippen LogP contribution in [0.2, 0.25) is 0 Å². The summed E-state index contributed by atoms with van der Waals surface area (Å²) in [5.41, 5.74) is 0.290. The molecule has 2 heterocycles. The Bertz CT molecular complexity index is 965. The van der Waals surface area contributed by atoms with Crippen molar-refractivity contribution in [2.24, 2.45) is 0 Å². The molecule has 0 bridgehead atoms. The zero-order valence-corrected chi connectivity index (χ0v) is 14.1. The van der Waals surface area contributed by atoms with Gasteiger partial charge in [-0.25, -0.2) is 9.07 Å². The largest absolute Gasteiger partial charge is 0.494 e. The van der Waals surface area contributed by atoms with Gasteiger partial charge in [-0.3, -0.25) is 9.78 Å². The normalized spacial score (nSPS) is 14.7. The third kappa shape index (κ3) is 2.71. The molecule has 2 aromatic heterocycles. The van der Waals surface area contributed by atoms with Gasteiger partial charge in [-0.05, 0) is 18.9 Å². The summed E-state index contributed by atoms with van der Waals surface area (Å²) in [6.45, 7) is 0. The molecule has 4 rings (SSSR count). The number of halogens is 1. The standard InChI is InChI=1S/C19H17FN4O2/c1-26-16-6-10-21-12-15(16)24-11-7-17(23-24)22-18(25)19(8-9-19)13-4-2-3-5-14(13)20/h2-7,10-12H,8-9H2,1H3,(H,22,23,25). The summed E-state index contributed by atoms with van der Waals surface area (Å²) >= 11 is 0. The lowest BCUT2D eigenvalue weighted by molar-refractivity contribution is -0.118. The number of benzene rings is 1. The molecule has 1 N–H and O–H groups in total. The van der Waals surface area contributed by atoms with Crippen LogP contribution in [0.4, 0.5) is 10.2 Å². The molecule has 3 aromatic rings. The topological polar surface area (TPSA) is 69.0 Å². The summed E-state index contributed by atoms with van der Waals surface area (Å²) < 4.78 is 21.0. The highest BCUT2D eigenvalue weighted by atomic mass is 19.1. The van der Waals surface area contributed by atoms with Crippen molar-refractivity contribution in [2.45, 2.75) is 18.3 Å². The molecule has 1 fully saturated rings. The Morgan fingerprint density at radius 1 is 1.27 bits per heavy atom. The van der Waals surface area contributed by atoms with Crippen molar-refractivity contribution in [3.8, 4) is 11.4 Å². The van der Waals surface area contributed by atoms with Gasteiger partial charge < -0.3 is 10.1 Å². The fourth-order valence-corrected chi connectivity index (χ4v) is 3.07. The lowest BCUT2D eigenvalue weighted by Crippen LogP contribution is -2.29. The number of nitrogens with zero attached hydrogens (tertiary/aromatic N) is 3. The molecule has 0 spiro atoms. The molecule has 0 radical (unpaired) electrons. The molecule has 6 nitrogen and oxygen atoms in total. The van der Waals surface area contributed by atoms with Crippen molar-refractivity contribution in [3.63, 3.8) is 0 Å². The number of carbonyl (C=O) groups excluding carboxylic acids is 1. The zero-order chi connectivity index (χ0) is 18.1. The first-order valence-electron chi connectivity index (χ1n) is 8.24. The number of aromatic nitrogens is 3. The van der Waals surface area contributed by atoms with Crippen molar-refractivity contribution in [3.05, 3.63) is 66.4 Å². The SMILES string of the molecule is COc1ccncc1-n1ccc(NC(=O)C2(c3ccccc3F)CC2)n1. The van der Waals surface area contributed by atoms with E-state index in [0.717, 1.165) is 0 Å². The number of methoxy groups -OCH3 is 1. The van der Waals surface area contributed by atoms with Crippen molar-refractivity contribution in [2.75, 3.05) is 12.4 Å². The maximum Gasteiger partial charge on any atom is 0.236 e. The van der Waals surface area contributed by atoms with Gasteiger partial charge in [0.25, 0.3) is 0 Å². The zero-order valence-electron chi connectivity index (χ0n) is 14.1. The molecular weight excluding hydrogens is 335 g/mol. The van der Waals surface area contributed by atoms with Crippen LogP contribution in [0, 0.1) is 5.82 Å². The molecule has 1 aromatic carbocycles. The molecular formula is C19H17FN4O2. The van der Waals surface area contributed by atoms with Crippen LogP contribution in [-0.4, -0.2) is 27.8 Å². The fraction of sp³-hybridized carbons (Fsp3) is 0.211. The molecule has 0 atom stereocenters. The smallest absolute Gasteiger partial charge is 0.236 e. The second-order valence-corrected chi connectivity index (χ2v) is 6.21. The minimum Gasteiger partial charge on any atom is -0.494 e. The van der Waals surface area contributed by atoms with E-state index in [0.29, 0.717) is 35.7 Å². The fourth-order valence-electron chi connectivity index (χ4n) is 3.07. The molecule has 1 aliphatic rings. The van der Waals surface area contributed by atoms with E-state index in [4.69, 9.17) is 4.74 Å². The minimum absolute atomic E-state index is 0.244. The van der Waals surface area contributed by atoms with Gasteiger partial charge in [0, 0.05) is 30.1 Å². The van der Waals surface area contributed by atoms with Crippen LogP contribution in [0.1, 0.15) is 18.4 Å². The van der Waals surface area contributed by atoms with Gasteiger partial charge in [-0.2, -0.15) is 0 Å². The predicted octanol–water partition coefficient (Wildman–Crippen LogP) is 3.09. The highest BCUT2D eigenvalue weighted by molar-refractivity contribution is 6.00. The molecule has 1 amide bonds. The Labute approximate surface area is 149 Å². The van der Waals surface area contributed by atoms with Crippen LogP contribution < -0.4 is 10.1 Å². The molecule has 26 heavy (non-hydrogen) atoms. The molecule has 0 unspecified atom stereocenters. The van der Waals surface area contributed by atoms with Crippen LogP contribution in [0.5, 0.6) is 5.75 Å². The molecule has 1 saturated carbocycles. The van der Waals surface area contributed by atoms with E-state index in [1.165, 1.54) is 6.07 Å². The second kappa shape index (κ2) is 6.25. The van der Waals surface area contributed by atoms with Crippen molar-refractivity contribution >= 4 is 11.7 Å². The summed E-state index contributed by atoms with van der Waals surface area (Å²) in [6.07, 6.45) is 6.20. The third-order valence-electron chi connectivity index (χ3n) is 4.63. The molecule has 0 aliphatic heterocycles. The minimum atomic E-state index is -0.804. The van der Waals surface area contributed by atoms with Gasteiger partial charge in [0.05, 0.1) is 18.7 Å². The number of ether oxygens (including phenoxy) is 1. The number of pyridine rings is 1. The Morgan fingerprint density at radius 3 is 2.81 bits per heavy atom. The van der Waals surface area contributed by atoms with E-state index in [-0.39, 0.29) is 11.7 Å². The Balaban J connectivity index is 1.57. The average molecular weight is 352 g/mol. The van der Waals surface area contributed by atoms with E-state index < -0.39 is 5.41 Å². The summed E-state index contributed by atoms with van der Waals surface area (Å²) in [5.74, 6) is 0.409. The first-order chi connectivity index (χ1) is 12.6. The number of hydrogen-bond donors (Lipinski definition) is 1. The van der Waals surface area contributed by atoms with Crippen LogP contribution in [0.3, 0.4) is 0 Å². The predicted molar refractivity (Wildman–Crippen MR) is 93.9 cm³/mol. The van der Waals surface area contributed by atoms with E-state index in [2.05, 4.69) is 15.4 Å². The lowest BCUT2D eigenvalue weighted by Gasteiger charge is -2.15. The summed E-state index contributed by atoms with van der Waals surface area (Å²) in [6, 6.07) is 9.83. The first kappa shape index (κ1) is 16.3. The van der Waals surface area contributed by atoms with Gasteiger partial charge in [-0.15, -0.1) is 5.10 Å². The number of amides is 1. The van der Waals surface area contributed by atoms with Gasteiger partial charge >= 0.3 is 0 Å². The highest BCUT2D eigenvalue weighted by Crippen LogP contribution is 2.49. The summed E-state index contributed by atoms with van der Waals surface area (Å²) in [5, 5.41) is 7.16. The van der Waals surface area contributed by atoms with Gasteiger partial charge in [0.2, 0.25) is 5.91 Å². The Morgan fingerprint density at radius 2 is 2.08 bits per heavy atom. The number of rotatable bonds is 5.